The molecule has 0 saturated carbocycles. The number of esters is 2. The number of ether oxygens (including phenoxy) is 2. The van der Waals surface area contributed by atoms with Gasteiger partial charge in [0.2, 0.25) is 0 Å². The molecule has 0 amide bonds. The summed E-state index contributed by atoms with van der Waals surface area (Å²) in [5, 5.41) is 0. The molecule has 2 heterocycles. The van der Waals surface area contributed by atoms with Crippen molar-refractivity contribution in [2.75, 3.05) is 14.2 Å². The van der Waals surface area contributed by atoms with Gasteiger partial charge in [-0.3, -0.25) is 28.3 Å². The molecule has 0 aromatic carbocycles. The van der Waals surface area contributed by atoms with Crippen molar-refractivity contribution >= 4 is 20.4 Å². The molecule has 2 aromatic heterocycles. The van der Waals surface area contributed by atoms with E-state index < -0.39 is 34.4 Å². The Morgan fingerprint density at radius 2 is 1.31 bits per heavy atom. The molecule has 0 saturated heterocycles. The van der Waals surface area contributed by atoms with Crippen LogP contribution in [0, 0.1) is 0 Å². The normalized spacial score (nSPS) is 9.63. The van der Waals surface area contributed by atoms with E-state index in [9.17, 15) is 28.8 Å². The van der Waals surface area contributed by atoms with Crippen LogP contribution in [-0.2, 0) is 29.6 Å². The second-order valence-electron chi connectivity index (χ2n) is 7.03. The molecule has 35 heavy (non-hydrogen) atoms. The fourth-order valence-electron chi connectivity index (χ4n) is 2.81. The first kappa shape index (κ1) is 33.5. The lowest BCUT2D eigenvalue weighted by Crippen LogP contribution is -2.40. The minimum absolute atomic E-state index is 0. The van der Waals surface area contributed by atoms with Gasteiger partial charge in [0.25, 0.3) is 11.1 Å². The average molecular weight is 493 g/mol. The van der Waals surface area contributed by atoms with E-state index >= 15 is 0 Å². The standard InChI is InChI=1S/C11H16N2O4.C10H14N2O4.CH4.B/c1-4-5-6-13-8(10(15)17-3)7-9(14)12(2)11(13)16;1-3-4-5-12-7(9(14)16-2)6-8(13)11-10(12)15;;/h7H,4-6H2,1-3H3;6H,3-5H2,1-2H3,(H,11,13,15);1H4;. The van der Waals surface area contributed by atoms with Gasteiger partial charge in [-0.15, -0.1) is 0 Å². The molecule has 0 aliphatic carbocycles. The number of nitrogens with zero attached hydrogens (tertiary/aromatic N) is 3. The number of unbranched alkanes of at least 4 members (excludes halogenated alkanes) is 2. The number of hydrogen-bond donors (Lipinski definition) is 1. The minimum atomic E-state index is -0.681. The Balaban J connectivity index is 0. The molecule has 0 aliphatic heterocycles. The number of aromatic nitrogens is 4. The SMILES string of the molecule is C.CCCCn1c(C(=O)OC)cc(=O)[nH]c1=O.CCCCn1c(C(=O)OC)cc(=O)n(C)c1=O.[B]. The van der Waals surface area contributed by atoms with Gasteiger partial charge in [0, 0.05) is 40.7 Å². The fourth-order valence-corrected chi connectivity index (χ4v) is 2.81. The molecule has 2 aromatic rings. The number of carbonyl (C=O) groups is 2. The minimum Gasteiger partial charge on any atom is -0.464 e. The first-order valence-corrected chi connectivity index (χ1v) is 10.4. The van der Waals surface area contributed by atoms with Crippen molar-refractivity contribution in [2.45, 2.75) is 60.0 Å². The third kappa shape index (κ3) is 8.91. The van der Waals surface area contributed by atoms with Crippen LogP contribution in [-0.4, -0.2) is 53.3 Å². The maximum absolute atomic E-state index is 11.9. The lowest BCUT2D eigenvalue weighted by Gasteiger charge is -2.11. The summed E-state index contributed by atoms with van der Waals surface area (Å²) in [6.45, 7) is 4.73. The zero-order chi connectivity index (χ0) is 25.1. The third-order valence-electron chi connectivity index (χ3n) is 4.69. The van der Waals surface area contributed by atoms with Crippen LogP contribution in [0.1, 0.15) is 67.9 Å². The number of H-pyrrole nitrogens is 1. The number of rotatable bonds is 8. The van der Waals surface area contributed by atoms with Crippen LogP contribution in [0.4, 0.5) is 0 Å². The quantitative estimate of drug-likeness (QED) is 0.413. The molecular formula is C22H34BN4O8. The van der Waals surface area contributed by atoms with Crippen LogP contribution >= 0.6 is 0 Å². The maximum atomic E-state index is 11.9. The van der Waals surface area contributed by atoms with Gasteiger partial charge in [0.1, 0.15) is 11.4 Å². The molecular weight excluding hydrogens is 459 g/mol. The van der Waals surface area contributed by atoms with E-state index in [0.717, 1.165) is 42.4 Å². The summed E-state index contributed by atoms with van der Waals surface area (Å²) in [7, 11) is 3.81. The second kappa shape index (κ2) is 16.1. The molecule has 0 bridgehead atoms. The number of hydrogen-bond acceptors (Lipinski definition) is 8. The Kier molecular flexibility index (Phi) is 15.4. The first-order valence-electron chi connectivity index (χ1n) is 10.4. The molecule has 0 atom stereocenters. The summed E-state index contributed by atoms with van der Waals surface area (Å²) >= 11 is 0. The summed E-state index contributed by atoms with van der Waals surface area (Å²) in [5.74, 6) is -1.35. The average Bonchev–Trinajstić information content (AvgIpc) is 2.80. The highest BCUT2D eigenvalue weighted by molar-refractivity contribution is 5.87. The largest absolute Gasteiger partial charge is 0.464 e. The van der Waals surface area contributed by atoms with Gasteiger partial charge < -0.3 is 9.47 Å². The molecule has 3 radical (unpaired) electrons. The van der Waals surface area contributed by atoms with E-state index in [0.29, 0.717) is 13.1 Å². The van der Waals surface area contributed by atoms with Crippen molar-refractivity contribution in [3.8, 4) is 0 Å². The number of carbonyl (C=O) groups excluding carboxylic acids is 2. The Hall–Kier alpha value is -3.64. The Morgan fingerprint density at radius 1 is 0.857 bits per heavy atom. The highest BCUT2D eigenvalue weighted by Crippen LogP contribution is 2.00. The van der Waals surface area contributed by atoms with E-state index in [-0.39, 0.29) is 27.2 Å². The van der Waals surface area contributed by atoms with Gasteiger partial charge in [-0.05, 0) is 12.8 Å². The molecule has 12 nitrogen and oxygen atoms in total. The van der Waals surface area contributed by atoms with E-state index in [1.807, 2.05) is 13.8 Å². The van der Waals surface area contributed by atoms with E-state index in [1.165, 1.54) is 30.4 Å². The van der Waals surface area contributed by atoms with Crippen LogP contribution in [0.5, 0.6) is 0 Å². The molecule has 1 N–H and O–H groups in total. The van der Waals surface area contributed by atoms with E-state index in [4.69, 9.17) is 0 Å². The summed E-state index contributed by atoms with van der Waals surface area (Å²) in [5.41, 5.74) is -2.19. The van der Waals surface area contributed by atoms with E-state index in [2.05, 4.69) is 14.5 Å². The number of nitrogens with one attached hydrogen (secondary N) is 1. The van der Waals surface area contributed by atoms with Gasteiger partial charge in [0.15, 0.2) is 0 Å². The highest BCUT2D eigenvalue weighted by atomic mass is 16.5. The smallest absolute Gasteiger partial charge is 0.355 e. The van der Waals surface area contributed by atoms with Crippen molar-refractivity contribution in [1.82, 2.24) is 18.7 Å². The number of aromatic amines is 1. The summed E-state index contributed by atoms with van der Waals surface area (Å²) in [6.07, 6.45) is 3.26. The van der Waals surface area contributed by atoms with Crippen molar-refractivity contribution in [2.24, 2.45) is 7.05 Å². The van der Waals surface area contributed by atoms with Crippen molar-refractivity contribution < 1.29 is 19.1 Å². The van der Waals surface area contributed by atoms with Crippen molar-refractivity contribution in [1.29, 1.82) is 0 Å². The molecule has 0 unspecified atom stereocenters. The molecule has 2 rings (SSSR count). The molecule has 193 valence electrons. The van der Waals surface area contributed by atoms with Gasteiger partial charge in [-0.2, -0.15) is 0 Å². The molecule has 13 heteroatoms. The van der Waals surface area contributed by atoms with Gasteiger partial charge in [-0.25, -0.2) is 19.2 Å². The molecule has 0 fully saturated rings. The fraction of sp³-hybridized carbons (Fsp3) is 0.545. The predicted molar refractivity (Wildman–Crippen MR) is 132 cm³/mol. The Morgan fingerprint density at radius 3 is 1.77 bits per heavy atom. The Bertz CT molecular complexity index is 1210. The topological polar surface area (TPSA) is 151 Å². The van der Waals surface area contributed by atoms with Crippen LogP contribution in [0.25, 0.3) is 0 Å². The lowest BCUT2D eigenvalue weighted by molar-refractivity contribution is 0.0576. The molecule has 0 aliphatic rings. The summed E-state index contributed by atoms with van der Waals surface area (Å²) < 4.78 is 12.5. The second-order valence-corrected chi connectivity index (χ2v) is 7.03. The third-order valence-corrected chi connectivity index (χ3v) is 4.69. The van der Waals surface area contributed by atoms with E-state index in [1.54, 1.807) is 0 Å². The maximum Gasteiger partial charge on any atom is 0.355 e. The number of methoxy groups -OCH3 is 2. The highest BCUT2D eigenvalue weighted by Gasteiger charge is 2.16. The first-order chi connectivity index (χ1) is 15.6. The summed E-state index contributed by atoms with van der Waals surface area (Å²) in [6, 6.07) is 2.20. The van der Waals surface area contributed by atoms with Gasteiger partial charge >= 0.3 is 23.3 Å². The predicted octanol–water partition coefficient (Wildman–Crippen LogP) is 0.512. The lowest BCUT2D eigenvalue weighted by atomic mass is 10.3. The monoisotopic (exact) mass is 493 g/mol. The van der Waals surface area contributed by atoms with Crippen LogP contribution in [0.15, 0.2) is 31.3 Å². The van der Waals surface area contributed by atoms with Crippen molar-refractivity contribution in [3.63, 3.8) is 0 Å². The summed E-state index contributed by atoms with van der Waals surface area (Å²) in [4.78, 5) is 70.8. The van der Waals surface area contributed by atoms with Crippen molar-refractivity contribution in [3.05, 3.63) is 65.2 Å². The zero-order valence-corrected chi connectivity index (χ0v) is 20.1. The van der Waals surface area contributed by atoms with Gasteiger partial charge in [0.05, 0.1) is 14.2 Å². The zero-order valence-electron chi connectivity index (χ0n) is 20.1. The van der Waals surface area contributed by atoms with Crippen LogP contribution in [0.2, 0.25) is 0 Å². The van der Waals surface area contributed by atoms with Crippen LogP contribution in [0.3, 0.4) is 0 Å². The van der Waals surface area contributed by atoms with Gasteiger partial charge in [-0.1, -0.05) is 34.1 Å². The van der Waals surface area contributed by atoms with Crippen LogP contribution < -0.4 is 22.5 Å². The Labute approximate surface area is 205 Å². The molecule has 0 spiro atoms.